The van der Waals surface area contributed by atoms with Crippen molar-refractivity contribution in [3.05, 3.63) is 0 Å². The number of aliphatic carboxylic acids is 1. The number of hydrogen-bond donors (Lipinski definition) is 2. The quantitative estimate of drug-likeness (QED) is 0.779. The largest absolute Gasteiger partial charge is 0.480 e. The smallest absolute Gasteiger partial charge is 0.326 e. The van der Waals surface area contributed by atoms with Crippen LogP contribution in [0.4, 0.5) is 4.79 Å². The van der Waals surface area contributed by atoms with Crippen molar-refractivity contribution in [2.24, 2.45) is 11.8 Å². The van der Waals surface area contributed by atoms with Crippen molar-refractivity contribution in [2.75, 3.05) is 33.7 Å². The lowest BCUT2D eigenvalue weighted by atomic mass is 9.96. The third kappa shape index (κ3) is 6.33. The van der Waals surface area contributed by atoms with Crippen LogP contribution in [-0.2, 0) is 4.79 Å². The van der Waals surface area contributed by atoms with Crippen LogP contribution in [0.3, 0.4) is 0 Å². The third-order valence-electron chi connectivity index (χ3n) is 3.83. The highest BCUT2D eigenvalue weighted by Crippen LogP contribution is 2.18. The molecule has 0 aliphatic carbocycles. The molecule has 1 fully saturated rings. The summed E-state index contributed by atoms with van der Waals surface area (Å²) in [5.74, 6) is -0.105. The minimum atomic E-state index is -0.959. The van der Waals surface area contributed by atoms with Crippen molar-refractivity contribution in [3.8, 4) is 0 Å². The first-order chi connectivity index (χ1) is 9.79. The molecular weight excluding hydrogens is 270 g/mol. The average Bonchev–Trinajstić information content (AvgIpc) is 2.37. The van der Waals surface area contributed by atoms with Gasteiger partial charge in [-0.15, -0.1) is 0 Å². The molecule has 1 aliphatic rings. The topological polar surface area (TPSA) is 72.9 Å². The molecule has 0 aromatic rings. The number of likely N-dealkylation sites (tertiary alicyclic amines) is 1. The predicted octanol–water partition coefficient (Wildman–Crippen LogP) is 1.47. The molecule has 6 nitrogen and oxygen atoms in total. The van der Waals surface area contributed by atoms with E-state index in [1.54, 1.807) is 4.90 Å². The summed E-state index contributed by atoms with van der Waals surface area (Å²) in [5.41, 5.74) is 0. The van der Waals surface area contributed by atoms with E-state index >= 15 is 0 Å². The molecule has 1 atom stereocenters. The highest BCUT2D eigenvalue weighted by atomic mass is 16.4. The Morgan fingerprint density at radius 3 is 2.29 bits per heavy atom. The molecule has 2 amide bonds. The van der Waals surface area contributed by atoms with Gasteiger partial charge in [0.15, 0.2) is 0 Å². The summed E-state index contributed by atoms with van der Waals surface area (Å²) in [6, 6.07) is -1.04. The van der Waals surface area contributed by atoms with E-state index in [-0.39, 0.29) is 11.9 Å². The zero-order chi connectivity index (χ0) is 16.0. The molecule has 2 N–H and O–H groups in total. The lowest BCUT2D eigenvalue weighted by molar-refractivity contribution is -0.139. The van der Waals surface area contributed by atoms with Gasteiger partial charge in [-0.1, -0.05) is 13.8 Å². The van der Waals surface area contributed by atoms with Crippen LogP contribution in [0.1, 0.15) is 33.1 Å². The predicted molar refractivity (Wildman–Crippen MR) is 82.3 cm³/mol. The molecule has 0 radical (unpaired) electrons. The standard InChI is InChI=1S/C15H29N3O3/c1-11(2)9-13(14(19)20)16-15(21)18-7-5-12(6-8-18)10-17(3)4/h11-13H,5-10H2,1-4H3,(H,16,21)(H,19,20). The Balaban J connectivity index is 2.44. The van der Waals surface area contributed by atoms with Crippen molar-refractivity contribution in [3.63, 3.8) is 0 Å². The second kappa shape index (κ2) is 8.22. The number of hydrogen-bond acceptors (Lipinski definition) is 3. The molecular formula is C15H29N3O3. The van der Waals surface area contributed by atoms with Crippen LogP contribution < -0.4 is 5.32 Å². The number of urea groups is 1. The second-order valence-corrected chi connectivity index (χ2v) is 6.66. The van der Waals surface area contributed by atoms with Crippen molar-refractivity contribution in [1.29, 1.82) is 0 Å². The van der Waals surface area contributed by atoms with Gasteiger partial charge in [0.2, 0.25) is 0 Å². The minimum absolute atomic E-state index is 0.234. The molecule has 122 valence electrons. The molecule has 21 heavy (non-hydrogen) atoms. The molecule has 1 rings (SSSR count). The third-order valence-corrected chi connectivity index (χ3v) is 3.83. The lowest BCUT2D eigenvalue weighted by Gasteiger charge is -2.34. The fraction of sp³-hybridized carbons (Fsp3) is 0.867. The first-order valence-electron chi connectivity index (χ1n) is 7.72. The molecule has 0 spiro atoms. The average molecular weight is 299 g/mol. The molecule has 0 saturated carbocycles. The van der Waals surface area contributed by atoms with Crippen LogP contribution in [0.15, 0.2) is 0 Å². The van der Waals surface area contributed by atoms with Gasteiger partial charge in [0, 0.05) is 19.6 Å². The van der Waals surface area contributed by atoms with Gasteiger partial charge in [-0.2, -0.15) is 0 Å². The maximum absolute atomic E-state index is 12.2. The number of nitrogens with zero attached hydrogens (tertiary/aromatic N) is 2. The van der Waals surface area contributed by atoms with Gasteiger partial charge >= 0.3 is 12.0 Å². The van der Waals surface area contributed by atoms with Crippen molar-refractivity contribution >= 4 is 12.0 Å². The number of rotatable bonds is 6. The fourth-order valence-corrected chi connectivity index (χ4v) is 2.77. The van der Waals surface area contributed by atoms with Gasteiger partial charge in [0.1, 0.15) is 6.04 Å². The summed E-state index contributed by atoms with van der Waals surface area (Å²) >= 11 is 0. The monoisotopic (exact) mass is 299 g/mol. The van der Waals surface area contributed by atoms with Crippen LogP contribution in [0.5, 0.6) is 0 Å². The second-order valence-electron chi connectivity index (χ2n) is 6.66. The molecule has 1 saturated heterocycles. The summed E-state index contributed by atoms with van der Waals surface area (Å²) in [6.45, 7) is 6.36. The van der Waals surface area contributed by atoms with E-state index in [1.807, 2.05) is 13.8 Å². The lowest BCUT2D eigenvalue weighted by Crippen LogP contribution is -2.51. The van der Waals surface area contributed by atoms with E-state index in [0.717, 1.165) is 19.4 Å². The zero-order valence-electron chi connectivity index (χ0n) is 13.6. The molecule has 1 aliphatic heterocycles. The Morgan fingerprint density at radius 2 is 1.86 bits per heavy atom. The van der Waals surface area contributed by atoms with Crippen LogP contribution in [0.2, 0.25) is 0 Å². The van der Waals surface area contributed by atoms with E-state index in [4.69, 9.17) is 0 Å². The van der Waals surface area contributed by atoms with E-state index in [1.165, 1.54) is 0 Å². The molecule has 1 heterocycles. The summed E-state index contributed by atoms with van der Waals surface area (Å²) in [5, 5.41) is 11.8. The van der Waals surface area contributed by atoms with Crippen LogP contribution in [-0.4, -0.2) is 66.7 Å². The first-order valence-corrected chi connectivity index (χ1v) is 7.72. The molecule has 1 unspecified atom stereocenters. The van der Waals surface area contributed by atoms with Gasteiger partial charge in [0.25, 0.3) is 0 Å². The van der Waals surface area contributed by atoms with Gasteiger partial charge in [0.05, 0.1) is 0 Å². The normalized spacial score (nSPS) is 18.1. The molecule has 6 heteroatoms. The highest BCUT2D eigenvalue weighted by molar-refractivity contribution is 5.82. The summed E-state index contributed by atoms with van der Waals surface area (Å²) in [7, 11) is 4.12. The van der Waals surface area contributed by atoms with Crippen molar-refractivity contribution in [2.45, 2.75) is 39.2 Å². The summed E-state index contributed by atoms with van der Waals surface area (Å²) < 4.78 is 0. The first kappa shape index (κ1) is 17.8. The Morgan fingerprint density at radius 1 is 1.29 bits per heavy atom. The van der Waals surface area contributed by atoms with Gasteiger partial charge in [-0.25, -0.2) is 9.59 Å². The van der Waals surface area contributed by atoms with Gasteiger partial charge in [-0.05, 0) is 45.2 Å². The number of piperidine rings is 1. The molecule has 0 bridgehead atoms. The van der Waals surface area contributed by atoms with E-state index in [0.29, 0.717) is 25.4 Å². The van der Waals surface area contributed by atoms with E-state index in [9.17, 15) is 14.7 Å². The van der Waals surface area contributed by atoms with E-state index in [2.05, 4.69) is 24.3 Å². The van der Waals surface area contributed by atoms with Crippen LogP contribution in [0.25, 0.3) is 0 Å². The summed E-state index contributed by atoms with van der Waals surface area (Å²) in [6.07, 6.45) is 2.42. The van der Waals surface area contributed by atoms with Gasteiger partial charge < -0.3 is 20.2 Å². The number of carbonyl (C=O) groups is 2. The van der Waals surface area contributed by atoms with Crippen LogP contribution in [0, 0.1) is 11.8 Å². The zero-order valence-corrected chi connectivity index (χ0v) is 13.6. The summed E-state index contributed by atoms with van der Waals surface area (Å²) in [4.78, 5) is 27.3. The molecule has 0 aromatic heterocycles. The van der Waals surface area contributed by atoms with Crippen LogP contribution >= 0.6 is 0 Å². The fourth-order valence-electron chi connectivity index (χ4n) is 2.77. The maximum Gasteiger partial charge on any atom is 0.326 e. The minimum Gasteiger partial charge on any atom is -0.480 e. The Labute approximate surface area is 127 Å². The number of amides is 2. The van der Waals surface area contributed by atoms with Gasteiger partial charge in [-0.3, -0.25) is 0 Å². The highest BCUT2D eigenvalue weighted by Gasteiger charge is 2.27. The van der Waals surface area contributed by atoms with E-state index < -0.39 is 12.0 Å². The van der Waals surface area contributed by atoms with Crippen molar-refractivity contribution in [1.82, 2.24) is 15.1 Å². The number of carboxylic acid groups (broad SMARTS) is 1. The molecule has 0 aromatic carbocycles. The van der Waals surface area contributed by atoms with Crippen molar-refractivity contribution < 1.29 is 14.7 Å². The number of carbonyl (C=O) groups excluding carboxylic acids is 1. The SMILES string of the molecule is CC(C)CC(NC(=O)N1CCC(CN(C)C)CC1)C(=O)O. The Kier molecular flexibility index (Phi) is 6.95. The Hall–Kier alpha value is -1.30. The number of nitrogens with one attached hydrogen (secondary N) is 1. The maximum atomic E-state index is 12.2. The number of carboxylic acids is 1. The Bertz CT molecular complexity index is 350.